The molecule has 1 aromatic carbocycles. The maximum atomic E-state index is 13.8. The lowest BCUT2D eigenvalue weighted by Crippen LogP contribution is -2.48. The summed E-state index contributed by atoms with van der Waals surface area (Å²) in [4.78, 5) is 42.2. The fourth-order valence-electron chi connectivity index (χ4n) is 5.73. The van der Waals surface area contributed by atoms with Gasteiger partial charge in [-0.25, -0.2) is 14.2 Å². The Hall–Kier alpha value is -3.96. The Kier molecular flexibility index (Phi) is 6.81. The lowest BCUT2D eigenvalue weighted by atomic mass is 9.83. The Morgan fingerprint density at radius 3 is 2.46 bits per heavy atom. The molecule has 39 heavy (non-hydrogen) atoms. The van der Waals surface area contributed by atoms with Gasteiger partial charge in [-0.15, -0.1) is 0 Å². The van der Waals surface area contributed by atoms with Crippen LogP contribution in [-0.4, -0.2) is 41.0 Å². The van der Waals surface area contributed by atoms with E-state index >= 15 is 0 Å². The number of hydrogen-bond donors (Lipinski definition) is 3. The van der Waals surface area contributed by atoms with Gasteiger partial charge in [0.25, 0.3) is 5.91 Å². The summed E-state index contributed by atoms with van der Waals surface area (Å²) in [5, 5.41) is 14.7. The number of fused-ring (bicyclic) bond motifs is 2. The van der Waals surface area contributed by atoms with Crippen LogP contribution < -0.4 is 15.4 Å². The summed E-state index contributed by atoms with van der Waals surface area (Å²) >= 11 is 0. The number of aromatic nitrogens is 1. The van der Waals surface area contributed by atoms with Gasteiger partial charge in [0, 0.05) is 23.8 Å². The van der Waals surface area contributed by atoms with Gasteiger partial charge in [-0.05, 0) is 61.8 Å². The first-order chi connectivity index (χ1) is 18.5. The summed E-state index contributed by atoms with van der Waals surface area (Å²) in [5.41, 5.74) is -1.02. The van der Waals surface area contributed by atoms with Crippen molar-refractivity contribution in [1.29, 1.82) is 0 Å². The van der Waals surface area contributed by atoms with Gasteiger partial charge in [-0.3, -0.25) is 9.59 Å². The van der Waals surface area contributed by atoms with Gasteiger partial charge in [-0.1, -0.05) is 11.6 Å². The van der Waals surface area contributed by atoms with Crippen LogP contribution in [0.4, 0.5) is 23.2 Å². The molecule has 8 nitrogen and oxygen atoms in total. The minimum absolute atomic E-state index is 0.0959. The predicted octanol–water partition coefficient (Wildman–Crippen LogP) is 4.68. The van der Waals surface area contributed by atoms with Crippen molar-refractivity contribution in [3.8, 4) is 5.88 Å². The molecule has 0 spiro atoms. The molecular weight excluding hydrogens is 522 g/mol. The number of allylic oxidation sites excluding steroid dienone is 1. The van der Waals surface area contributed by atoms with Crippen LogP contribution in [-0.2, 0) is 11.0 Å². The number of benzene rings is 1. The summed E-state index contributed by atoms with van der Waals surface area (Å²) in [6.07, 6.45) is 1.68. The fraction of sp³-hybridized carbons (Fsp3) is 0.407. The summed E-state index contributed by atoms with van der Waals surface area (Å²) in [5.74, 6) is -4.94. The van der Waals surface area contributed by atoms with E-state index in [2.05, 4.69) is 21.7 Å². The van der Waals surface area contributed by atoms with Crippen LogP contribution in [0.1, 0.15) is 52.0 Å². The highest BCUT2D eigenvalue weighted by molar-refractivity contribution is 6.00. The first-order valence-electron chi connectivity index (χ1n) is 12.4. The molecule has 0 unspecified atom stereocenters. The van der Waals surface area contributed by atoms with Crippen LogP contribution in [0.25, 0.3) is 0 Å². The molecular formula is C27H25F4N3O5. The van der Waals surface area contributed by atoms with E-state index in [4.69, 9.17) is 4.74 Å². The van der Waals surface area contributed by atoms with Gasteiger partial charge in [0.2, 0.25) is 11.8 Å². The molecule has 12 heteroatoms. The van der Waals surface area contributed by atoms with E-state index in [-0.39, 0.29) is 34.5 Å². The lowest BCUT2D eigenvalue weighted by Gasteiger charge is -2.30. The van der Waals surface area contributed by atoms with E-state index in [1.165, 1.54) is 7.11 Å². The molecule has 3 saturated carbocycles. The third-order valence-corrected chi connectivity index (χ3v) is 7.62. The monoisotopic (exact) mass is 547 g/mol. The molecule has 2 bridgehead atoms. The number of hydrogen-bond acceptors (Lipinski definition) is 5. The lowest BCUT2D eigenvalue weighted by molar-refractivity contribution is -0.140. The van der Waals surface area contributed by atoms with E-state index < -0.39 is 47.3 Å². The second-order valence-corrected chi connectivity index (χ2v) is 10.1. The van der Waals surface area contributed by atoms with Crippen molar-refractivity contribution in [3.05, 3.63) is 64.6 Å². The highest BCUT2D eigenvalue weighted by Gasteiger charge is 2.55. The molecule has 206 valence electrons. The molecule has 3 fully saturated rings. The van der Waals surface area contributed by atoms with Crippen molar-refractivity contribution < 1.29 is 41.8 Å². The smallest absolute Gasteiger partial charge is 0.419 e. The van der Waals surface area contributed by atoms with Crippen molar-refractivity contribution in [2.45, 2.75) is 37.9 Å². The molecule has 3 aliphatic rings. The maximum Gasteiger partial charge on any atom is 0.419 e. The third kappa shape index (κ3) is 5.19. The largest absolute Gasteiger partial charge is 0.480 e. The molecule has 2 aromatic rings. The van der Waals surface area contributed by atoms with E-state index in [9.17, 15) is 37.1 Å². The van der Waals surface area contributed by atoms with Crippen LogP contribution in [0, 0.1) is 29.5 Å². The van der Waals surface area contributed by atoms with Gasteiger partial charge in [0.05, 0.1) is 24.2 Å². The molecule has 1 heterocycles. The standard InChI is InChI=1S/C27H25F4N3O5/c1-39-25-18(9-13(11-32-25)26(37)38)23(35)34-22-16-6-5-15(17(16)8-12-2-3-12)21(22)24(36)33-14-4-7-20(28)19(10-14)27(29,30)31/h4,7-12,15-16,21-22H,2-3,5-6H2,1H3,(H,33,36)(H,34,35)(H,37,38)/t15-,16+,21-,22+/m0/s1. The maximum absolute atomic E-state index is 13.8. The molecule has 5 rings (SSSR count). The summed E-state index contributed by atoms with van der Waals surface area (Å²) in [6.45, 7) is 0. The Balaban J connectivity index is 1.45. The van der Waals surface area contributed by atoms with Crippen molar-refractivity contribution in [1.82, 2.24) is 10.3 Å². The van der Waals surface area contributed by atoms with Crippen molar-refractivity contribution in [2.75, 3.05) is 12.4 Å². The quantitative estimate of drug-likeness (QED) is 0.343. The number of carbonyl (C=O) groups is 3. The Morgan fingerprint density at radius 1 is 1.10 bits per heavy atom. The number of anilines is 1. The second kappa shape index (κ2) is 9.97. The average molecular weight is 548 g/mol. The molecule has 3 N–H and O–H groups in total. The zero-order valence-corrected chi connectivity index (χ0v) is 20.7. The first kappa shape index (κ1) is 26.6. The number of nitrogens with zero attached hydrogens (tertiary/aromatic N) is 1. The molecule has 1 aromatic heterocycles. The number of alkyl halides is 3. The third-order valence-electron chi connectivity index (χ3n) is 7.62. The van der Waals surface area contributed by atoms with E-state index in [0.717, 1.165) is 36.7 Å². The zero-order valence-electron chi connectivity index (χ0n) is 20.7. The first-order valence-corrected chi connectivity index (χ1v) is 12.4. The minimum Gasteiger partial charge on any atom is -0.480 e. The van der Waals surface area contributed by atoms with Crippen LogP contribution >= 0.6 is 0 Å². The Morgan fingerprint density at radius 2 is 1.82 bits per heavy atom. The zero-order chi connectivity index (χ0) is 28.1. The van der Waals surface area contributed by atoms with Crippen LogP contribution in [0.3, 0.4) is 0 Å². The number of aromatic carboxylic acids is 1. The number of pyridine rings is 1. The van der Waals surface area contributed by atoms with Gasteiger partial charge in [0.15, 0.2) is 0 Å². The molecule has 4 atom stereocenters. The highest BCUT2D eigenvalue weighted by atomic mass is 19.4. The molecule has 2 amide bonds. The number of carboxylic acids is 1. The second-order valence-electron chi connectivity index (χ2n) is 10.1. The number of methoxy groups -OCH3 is 1. The summed E-state index contributed by atoms with van der Waals surface area (Å²) in [7, 11) is 1.28. The van der Waals surface area contributed by atoms with Crippen LogP contribution in [0.15, 0.2) is 42.1 Å². The van der Waals surface area contributed by atoms with Gasteiger partial charge >= 0.3 is 12.1 Å². The molecule has 3 aliphatic carbocycles. The van der Waals surface area contributed by atoms with Crippen LogP contribution in [0.5, 0.6) is 5.88 Å². The van der Waals surface area contributed by atoms with E-state index in [0.29, 0.717) is 30.9 Å². The number of ether oxygens (including phenoxy) is 1. The van der Waals surface area contributed by atoms with E-state index in [1.807, 2.05) is 0 Å². The minimum atomic E-state index is -4.94. The summed E-state index contributed by atoms with van der Waals surface area (Å²) in [6, 6.07) is 2.67. The number of carbonyl (C=O) groups excluding carboxylic acids is 2. The number of rotatable bonds is 7. The highest BCUT2D eigenvalue weighted by Crippen LogP contribution is 2.54. The van der Waals surface area contributed by atoms with Crippen molar-refractivity contribution >= 4 is 23.5 Å². The molecule has 0 aliphatic heterocycles. The fourth-order valence-corrected chi connectivity index (χ4v) is 5.73. The molecule has 0 radical (unpaired) electrons. The predicted molar refractivity (Wildman–Crippen MR) is 130 cm³/mol. The van der Waals surface area contributed by atoms with Gasteiger partial charge < -0.3 is 20.5 Å². The Bertz CT molecular complexity index is 1370. The van der Waals surface area contributed by atoms with Gasteiger partial charge in [0.1, 0.15) is 11.4 Å². The van der Waals surface area contributed by atoms with Crippen molar-refractivity contribution in [3.63, 3.8) is 0 Å². The van der Waals surface area contributed by atoms with Crippen molar-refractivity contribution in [2.24, 2.45) is 23.7 Å². The van der Waals surface area contributed by atoms with E-state index in [1.54, 1.807) is 0 Å². The van der Waals surface area contributed by atoms with Gasteiger partial charge in [-0.2, -0.15) is 13.2 Å². The number of nitrogens with one attached hydrogen (secondary N) is 2. The number of carboxylic acid groups (broad SMARTS) is 1. The number of amides is 2. The SMILES string of the molecule is COc1ncc(C(=O)O)cc1C(=O)N[C@H]1[C@@H](C(=O)Nc2ccc(F)c(C(F)(F)F)c2)[C@H]2CC[C@@H]1C2=CC1CC1. The summed E-state index contributed by atoms with van der Waals surface area (Å²) < 4.78 is 58.6. The van der Waals surface area contributed by atoms with Crippen LogP contribution in [0.2, 0.25) is 0 Å². The Labute approximate surface area is 220 Å². The normalized spacial score (nSPS) is 25.0. The number of halogens is 4. The average Bonchev–Trinajstić information content (AvgIpc) is 3.56. The molecule has 0 saturated heterocycles. The topological polar surface area (TPSA) is 118 Å².